The molecule has 3 nitrogen and oxygen atoms in total. The van der Waals surface area contributed by atoms with Crippen LogP contribution in [0, 0.1) is 0 Å². The summed E-state index contributed by atoms with van der Waals surface area (Å²) in [5.74, 6) is 0. The van der Waals surface area contributed by atoms with E-state index in [1.54, 1.807) is 0 Å². The Kier molecular flexibility index (Phi) is 10.5. The maximum atomic E-state index is 7.73. The molecule has 0 aromatic rings. The van der Waals surface area contributed by atoms with Crippen molar-refractivity contribution in [1.82, 2.24) is 0 Å². The molecule has 6 heavy (non-hydrogen) atoms. The first-order valence-corrected chi connectivity index (χ1v) is 1.98. The van der Waals surface area contributed by atoms with E-state index in [9.17, 15) is 0 Å². The molecule has 0 atom stereocenters. The van der Waals surface area contributed by atoms with Crippen LogP contribution < -0.4 is 0 Å². The van der Waals surface area contributed by atoms with E-state index in [1.165, 1.54) is 0 Å². The van der Waals surface area contributed by atoms with Crippen LogP contribution in [0.4, 0.5) is 0 Å². The van der Waals surface area contributed by atoms with Crippen molar-refractivity contribution in [3.63, 3.8) is 0 Å². The van der Waals surface area contributed by atoms with Crippen molar-refractivity contribution in [2.45, 2.75) is 0 Å². The van der Waals surface area contributed by atoms with E-state index in [0.717, 1.165) is 0 Å². The Morgan fingerprint density at radius 2 is 1.67 bits per heavy atom. The topological polar surface area (TPSA) is 49.7 Å². The van der Waals surface area contributed by atoms with Gasteiger partial charge in [-0.3, -0.25) is 0 Å². The molecule has 0 rings (SSSR count). The summed E-state index contributed by atoms with van der Waals surface area (Å²) in [6.07, 6.45) is 0. The molecule has 0 unspecified atom stereocenters. The second-order valence-electron chi connectivity index (χ2n) is 0.562. The average molecular weight is 116 g/mol. The molecule has 6 heteroatoms. The van der Waals surface area contributed by atoms with E-state index in [2.05, 4.69) is 4.34 Å². The van der Waals surface area contributed by atoms with Gasteiger partial charge in [-0.25, -0.2) is 0 Å². The van der Waals surface area contributed by atoms with Gasteiger partial charge in [-0.2, -0.15) is 0 Å². The Bertz CT molecular complexity index is 24.8. The number of hydrogen-bond donors (Lipinski definition) is 2. The van der Waals surface area contributed by atoms with E-state index in [1.807, 2.05) is 0 Å². The molecule has 0 radical (unpaired) electrons. The van der Waals surface area contributed by atoms with Gasteiger partial charge < -0.3 is 14.4 Å². The molecule has 0 aliphatic rings. The van der Waals surface area contributed by atoms with Crippen LogP contribution in [0.25, 0.3) is 0 Å². The molecule has 2 N–H and O–H groups in total. The molecule has 0 aromatic heterocycles. The van der Waals surface area contributed by atoms with E-state index in [0.29, 0.717) is 10.5 Å². The van der Waals surface area contributed by atoms with E-state index < -0.39 is 7.32 Å². The summed E-state index contributed by atoms with van der Waals surface area (Å²) in [4.78, 5) is 0. The molecule has 0 saturated carbocycles. The first-order valence-electron chi connectivity index (χ1n) is 1.16. The Labute approximate surface area is 61.7 Å². The Hall–Kier alpha value is 1.16. The third-order valence-electron chi connectivity index (χ3n) is 0.211. The predicted molar refractivity (Wildman–Crippen MR) is 28.4 cm³/mol. The van der Waals surface area contributed by atoms with Crippen LogP contribution in [-0.4, -0.2) is 57.4 Å². The number of rotatable bonds is 1. The van der Waals surface area contributed by atoms with Gasteiger partial charge in [0.1, 0.15) is 10.5 Å². The zero-order valence-electron chi connectivity index (χ0n) is 2.88. The summed E-state index contributed by atoms with van der Waals surface area (Å²) in [7, 11) is -1.18. The summed E-state index contributed by atoms with van der Waals surface area (Å²) in [6, 6.07) is 0. The summed E-state index contributed by atoms with van der Waals surface area (Å²) in [5.41, 5.74) is 0. The second-order valence-corrected chi connectivity index (χ2v) is 1.03. The fourth-order valence-corrected chi connectivity index (χ4v) is 0. The van der Waals surface area contributed by atoms with Gasteiger partial charge in [0.25, 0.3) is 0 Å². The minimum atomic E-state index is -1.55. The minimum absolute atomic E-state index is 0. The molecule has 32 valence electrons. The van der Waals surface area contributed by atoms with E-state index in [-0.39, 0.29) is 29.6 Å². The van der Waals surface area contributed by atoms with Crippen LogP contribution >= 0.6 is 0 Å². The van der Waals surface area contributed by atoms with Crippen LogP contribution in [0.15, 0.2) is 0 Å². The van der Waals surface area contributed by atoms with Crippen LogP contribution in [0.3, 0.4) is 0 Å². The first-order chi connectivity index (χ1) is 2.27. The molecule has 0 amide bonds. The van der Waals surface area contributed by atoms with Gasteiger partial charge in [0.15, 0.2) is 0 Å². The quantitative estimate of drug-likeness (QED) is 0.351. The number of hydrogen-bond acceptors (Lipinski definition) is 3. The van der Waals surface area contributed by atoms with Crippen LogP contribution in [0.5, 0.6) is 0 Å². The molecule has 0 fully saturated rings. The van der Waals surface area contributed by atoms with Crippen molar-refractivity contribution in [2.75, 3.05) is 0 Å². The van der Waals surface area contributed by atoms with E-state index >= 15 is 0 Å². The van der Waals surface area contributed by atoms with Gasteiger partial charge in [-0.05, 0) is 0 Å². The van der Waals surface area contributed by atoms with Crippen LogP contribution in [0.1, 0.15) is 0 Å². The Balaban J connectivity index is 0. The Morgan fingerprint density at radius 1 is 1.50 bits per heavy atom. The zero-order chi connectivity index (χ0) is 4.28. The van der Waals surface area contributed by atoms with Crippen LogP contribution in [0.2, 0.25) is 0 Å². The standard InChI is InChI=1S/BH5O3Si.Na.H/c2-1(3)4-5;;/h2-3H,5H3;;. The van der Waals surface area contributed by atoms with Gasteiger partial charge in [0.05, 0.1) is 0 Å². The molecule has 0 heterocycles. The molecule has 0 aliphatic heterocycles. The monoisotopic (exact) mass is 116 g/mol. The van der Waals surface area contributed by atoms with Crippen molar-refractivity contribution < 1.29 is 14.4 Å². The molecular weight excluding hydrogens is 110 g/mol. The van der Waals surface area contributed by atoms with E-state index in [4.69, 9.17) is 10.0 Å². The van der Waals surface area contributed by atoms with Crippen molar-refractivity contribution >= 4 is 47.4 Å². The summed E-state index contributed by atoms with van der Waals surface area (Å²) in [5, 5.41) is 15.5. The molecule has 0 spiro atoms. The van der Waals surface area contributed by atoms with Crippen molar-refractivity contribution in [3.05, 3.63) is 0 Å². The summed E-state index contributed by atoms with van der Waals surface area (Å²) >= 11 is 0. The molecule has 0 saturated heterocycles. The van der Waals surface area contributed by atoms with Gasteiger partial charge >= 0.3 is 36.9 Å². The second kappa shape index (κ2) is 6.16. The molecule has 0 bridgehead atoms. The maximum absolute atomic E-state index is 7.73. The fraction of sp³-hybridized carbons (Fsp3) is 0. The Morgan fingerprint density at radius 3 is 1.67 bits per heavy atom. The molecular formula is H6BNaO3Si. The fourth-order valence-electron chi connectivity index (χ4n) is 0. The van der Waals surface area contributed by atoms with Gasteiger partial charge in [-0.15, -0.1) is 0 Å². The van der Waals surface area contributed by atoms with Gasteiger partial charge in [-0.1, -0.05) is 0 Å². The first kappa shape index (κ1) is 10.2. The van der Waals surface area contributed by atoms with Gasteiger partial charge in [0, 0.05) is 0 Å². The summed E-state index contributed by atoms with van der Waals surface area (Å²) < 4.78 is 4.00. The van der Waals surface area contributed by atoms with Gasteiger partial charge in [0.2, 0.25) is 0 Å². The summed E-state index contributed by atoms with van der Waals surface area (Å²) in [6.45, 7) is 0. The third kappa shape index (κ3) is 8.94. The predicted octanol–water partition coefficient (Wildman–Crippen LogP) is -3.40. The third-order valence-corrected chi connectivity index (χ3v) is 0.632. The SMILES string of the molecule is OB(O)O[SiH3].[NaH]. The van der Waals surface area contributed by atoms with Crippen molar-refractivity contribution in [1.29, 1.82) is 0 Å². The normalized spacial score (nSPS) is 7.00. The van der Waals surface area contributed by atoms with Crippen molar-refractivity contribution in [2.24, 2.45) is 0 Å². The zero-order valence-corrected chi connectivity index (χ0v) is 4.88. The molecule has 0 aliphatic carbocycles. The van der Waals surface area contributed by atoms with Crippen molar-refractivity contribution in [3.8, 4) is 0 Å². The molecule has 0 aromatic carbocycles. The van der Waals surface area contributed by atoms with Crippen LogP contribution in [-0.2, 0) is 4.34 Å². The average Bonchev–Trinajstić information content (AvgIpc) is 1.38.